The van der Waals surface area contributed by atoms with Crippen LogP contribution in [0.3, 0.4) is 0 Å². The molecule has 3 aromatic carbocycles. The molecule has 1 amide bonds. The molecule has 0 aliphatic carbocycles. The number of aryl methyl sites for hydroxylation is 3. The Bertz CT molecular complexity index is 2190. The Balaban J connectivity index is 1.45. The summed E-state index contributed by atoms with van der Waals surface area (Å²) in [5.74, 6) is -0.356. The number of rotatable bonds is 9. The molecular formula is C37H42N6O5S. The molecule has 3 heterocycles. The summed E-state index contributed by atoms with van der Waals surface area (Å²) in [7, 11) is -3.86. The van der Waals surface area contributed by atoms with Gasteiger partial charge < -0.3 is 15.0 Å². The first-order valence-corrected chi connectivity index (χ1v) is 18.0. The number of para-hydroxylation sites is 1. The van der Waals surface area contributed by atoms with Crippen molar-refractivity contribution in [2.45, 2.75) is 83.5 Å². The first-order chi connectivity index (χ1) is 23.3. The predicted octanol–water partition coefficient (Wildman–Crippen LogP) is 5.46. The molecule has 0 radical (unpaired) electrons. The van der Waals surface area contributed by atoms with Gasteiger partial charge in [0.15, 0.2) is 0 Å². The van der Waals surface area contributed by atoms with E-state index in [1.807, 2.05) is 64.4 Å². The highest BCUT2D eigenvalue weighted by atomic mass is 32.2. The van der Waals surface area contributed by atoms with Crippen molar-refractivity contribution in [3.63, 3.8) is 0 Å². The summed E-state index contributed by atoms with van der Waals surface area (Å²) >= 11 is 0. The van der Waals surface area contributed by atoms with Gasteiger partial charge in [-0.15, -0.1) is 5.10 Å². The van der Waals surface area contributed by atoms with Crippen LogP contribution in [-0.2, 0) is 23.1 Å². The van der Waals surface area contributed by atoms with Crippen LogP contribution in [-0.4, -0.2) is 56.8 Å². The van der Waals surface area contributed by atoms with Gasteiger partial charge in [-0.2, -0.15) is 4.31 Å². The second-order valence-electron chi connectivity index (χ2n) is 13.2. The lowest BCUT2D eigenvalue weighted by molar-refractivity contribution is 0.0905. The number of H-pyrrole nitrogens is 1. The van der Waals surface area contributed by atoms with E-state index < -0.39 is 15.6 Å². The number of aromatic amines is 1. The first-order valence-electron chi connectivity index (χ1n) is 16.5. The van der Waals surface area contributed by atoms with Crippen molar-refractivity contribution in [2.75, 3.05) is 6.54 Å². The van der Waals surface area contributed by atoms with Crippen molar-refractivity contribution < 1.29 is 17.9 Å². The highest BCUT2D eigenvalue weighted by Crippen LogP contribution is 2.40. The highest BCUT2D eigenvalue weighted by molar-refractivity contribution is 7.89. The molecule has 6 rings (SSSR count). The lowest BCUT2D eigenvalue weighted by atomic mass is 9.74. The number of benzene rings is 3. The largest absolute Gasteiger partial charge is 0.488 e. The molecule has 0 fully saturated rings. The molecule has 256 valence electrons. The van der Waals surface area contributed by atoms with Crippen molar-refractivity contribution in [2.24, 2.45) is 0 Å². The minimum atomic E-state index is -3.86. The summed E-state index contributed by atoms with van der Waals surface area (Å²) in [6.07, 6.45) is 1.75. The number of fused-ring (bicyclic) bond motifs is 2. The Hall–Kier alpha value is -4.81. The molecule has 1 aliphatic rings. The third-order valence-electron chi connectivity index (χ3n) is 9.47. The van der Waals surface area contributed by atoms with Gasteiger partial charge >= 0.3 is 0 Å². The number of nitrogens with zero attached hydrogens (tertiary/aromatic N) is 4. The number of sulfonamides is 1. The van der Waals surface area contributed by atoms with Crippen molar-refractivity contribution in [3.8, 4) is 5.75 Å². The molecule has 0 unspecified atom stereocenters. The number of carbonyl (C=O) groups excluding carboxylic acids is 1. The molecule has 49 heavy (non-hydrogen) atoms. The molecule has 0 spiro atoms. The fourth-order valence-corrected chi connectivity index (χ4v) is 8.31. The SMILES string of the molecule is CC[C@@H]1CN(Cc2cc([C@@H](c3ccc4c(nnn4CC)c3C)C(C)(C)NC(=O)c3ccc(=O)[nH]c3)ccc2C)S(=O)(=O)c2ccccc2O1. The van der Waals surface area contributed by atoms with Crippen LogP contribution in [0.2, 0.25) is 0 Å². The van der Waals surface area contributed by atoms with E-state index in [1.54, 1.807) is 24.3 Å². The number of hydrogen-bond acceptors (Lipinski definition) is 7. The van der Waals surface area contributed by atoms with E-state index in [0.29, 0.717) is 24.3 Å². The number of aromatic nitrogens is 4. The Morgan fingerprint density at radius 3 is 2.57 bits per heavy atom. The molecule has 0 bridgehead atoms. The Morgan fingerprint density at radius 1 is 1.08 bits per heavy atom. The summed E-state index contributed by atoms with van der Waals surface area (Å²) in [6, 6.07) is 19.8. The molecule has 0 saturated carbocycles. The molecule has 2 atom stereocenters. The molecule has 0 saturated heterocycles. The topological polar surface area (TPSA) is 139 Å². The van der Waals surface area contributed by atoms with E-state index in [4.69, 9.17) is 4.74 Å². The van der Waals surface area contributed by atoms with E-state index in [1.165, 1.54) is 22.6 Å². The Labute approximate surface area is 286 Å². The summed E-state index contributed by atoms with van der Waals surface area (Å²) in [6.45, 7) is 13.0. The zero-order valence-electron chi connectivity index (χ0n) is 28.6. The van der Waals surface area contributed by atoms with Crippen LogP contribution < -0.4 is 15.6 Å². The number of pyridine rings is 1. The van der Waals surface area contributed by atoms with Crippen LogP contribution in [0.15, 0.2) is 82.6 Å². The van der Waals surface area contributed by atoms with Gasteiger partial charge in [0.1, 0.15) is 22.3 Å². The average molecular weight is 683 g/mol. The molecular weight excluding hydrogens is 641 g/mol. The maximum atomic E-state index is 14.0. The van der Waals surface area contributed by atoms with Gasteiger partial charge in [0, 0.05) is 36.8 Å². The maximum absolute atomic E-state index is 14.0. The van der Waals surface area contributed by atoms with Gasteiger partial charge in [-0.05, 0) is 93.1 Å². The van der Waals surface area contributed by atoms with Gasteiger partial charge in [-0.3, -0.25) is 9.59 Å². The van der Waals surface area contributed by atoms with Crippen molar-refractivity contribution in [1.82, 2.24) is 29.6 Å². The van der Waals surface area contributed by atoms with E-state index in [2.05, 4.69) is 32.7 Å². The highest BCUT2D eigenvalue weighted by Gasteiger charge is 2.37. The second-order valence-corrected chi connectivity index (χ2v) is 15.1. The van der Waals surface area contributed by atoms with Gasteiger partial charge in [0.2, 0.25) is 15.6 Å². The van der Waals surface area contributed by atoms with Gasteiger partial charge in [0.05, 0.1) is 17.6 Å². The van der Waals surface area contributed by atoms with Crippen LogP contribution in [0, 0.1) is 13.8 Å². The summed E-state index contributed by atoms with van der Waals surface area (Å²) in [5.41, 5.74) is 5.43. The number of amides is 1. The van der Waals surface area contributed by atoms with Crippen LogP contribution in [0.25, 0.3) is 11.0 Å². The quantitative estimate of drug-likeness (QED) is 0.211. The second kappa shape index (κ2) is 13.2. The molecule has 2 aromatic heterocycles. The molecule has 12 heteroatoms. The van der Waals surface area contributed by atoms with Crippen molar-refractivity contribution in [3.05, 3.63) is 117 Å². The lowest BCUT2D eigenvalue weighted by Gasteiger charge is -2.37. The number of nitrogens with one attached hydrogen (secondary N) is 2. The number of carbonyl (C=O) groups is 1. The predicted molar refractivity (Wildman–Crippen MR) is 188 cm³/mol. The summed E-state index contributed by atoms with van der Waals surface area (Å²) in [4.78, 5) is 28.0. The Kier molecular flexibility index (Phi) is 9.21. The zero-order valence-corrected chi connectivity index (χ0v) is 29.5. The minimum Gasteiger partial charge on any atom is -0.488 e. The number of ether oxygens (including phenoxy) is 1. The molecule has 1 aliphatic heterocycles. The van der Waals surface area contributed by atoms with E-state index in [0.717, 1.165) is 38.9 Å². The van der Waals surface area contributed by atoms with Crippen LogP contribution in [0.4, 0.5) is 0 Å². The lowest BCUT2D eigenvalue weighted by Crippen LogP contribution is -2.48. The normalized spacial score (nSPS) is 16.8. The van der Waals surface area contributed by atoms with Crippen LogP contribution >= 0.6 is 0 Å². The third-order valence-corrected chi connectivity index (χ3v) is 11.3. The molecule has 11 nitrogen and oxygen atoms in total. The fourth-order valence-electron chi connectivity index (χ4n) is 6.74. The maximum Gasteiger partial charge on any atom is 0.253 e. The first kappa shape index (κ1) is 34.1. The standard InChI is InChI=1S/C37H42N6O5S/c1-7-28-22-42(49(46,47)32-12-10-9-11-31(32)48-28)21-27-19-25(14-13-23(27)3)34(29-16-17-30-35(24(29)4)40-41-43(30)8-2)37(5,6)39-36(45)26-15-18-33(44)38-20-26/h9-20,28,34H,7-8,21-22H2,1-6H3,(H,38,44)(H,39,45)/t28-,34+/m1/s1. The Morgan fingerprint density at radius 2 is 1.86 bits per heavy atom. The average Bonchev–Trinajstić information content (AvgIpc) is 3.46. The van der Waals surface area contributed by atoms with Crippen molar-refractivity contribution >= 4 is 27.0 Å². The van der Waals surface area contributed by atoms with E-state index >= 15 is 0 Å². The van der Waals surface area contributed by atoms with Crippen LogP contribution in [0.1, 0.15) is 78.2 Å². The summed E-state index contributed by atoms with van der Waals surface area (Å²) in [5, 5.41) is 12.1. The van der Waals surface area contributed by atoms with Gasteiger partial charge in [-0.25, -0.2) is 13.1 Å². The van der Waals surface area contributed by atoms with Gasteiger partial charge in [-0.1, -0.05) is 48.5 Å². The number of hydrogen-bond donors (Lipinski definition) is 2. The van der Waals surface area contributed by atoms with Crippen LogP contribution in [0.5, 0.6) is 5.75 Å². The monoisotopic (exact) mass is 682 g/mol. The van der Waals surface area contributed by atoms with E-state index in [9.17, 15) is 18.0 Å². The minimum absolute atomic E-state index is 0.149. The zero-order chi connectivity index (χ0) is 35.1. The fraction of sp³-hybridized carbons (Fsp3) is 0.351. The summed E-state index contributed by atoms with van der Waals surface area (Å²) < 4.78 is 37.6. The molecule has 5 aromatic rings. The smallest absolute Gasteiger partial charge is 0.253 e. The van der Waals surface area contributed by atoms with E-state index in [-0.39, 0.29) is 41.5 Å². The third kappa shape index (κ3) is 6.50. The van der Waals surface area contributed by atoms with Gasteiger partial charge in [0.25, 0.3) is 5.91 Å². The molecule has 2 N–H and O–H groups in total. The van der Waals surface area contributed by atoms with Crippen molar-refractivity contribution in [1.29, 1.82) is 0 Å².